The van der Waals surface area contributed by atoms with Gasteiger partial charge in [-0.2, -0.15) is 0 Å². The SMILES string of the molecule is CC(Oc1ccccc1C(C)C)C(=O)NCCNC(=O)c1cccc(Br)c1. The van der Waals surface area contributed by atoms with E-state index in [0.717, 1.165) is 15.8 Å². The Bertz CT molecular complexity index is 793. The largest absolute Gasteiger partial charge is 0.481 e. The first-order chi connectivity index (χ1) is 12.9. The van der Waals surface area contributed by atoms with Crippen LogP contribution in [0.2, 0.25) is 0 Å². The Morgan fingerprint density at radius 1 is 1.00 bits per heavy atom. The van der Waals surface area contributed by atoms with Gasteiger partial charge in [0.05, 0.1) is 0 Å². The first-order valence-electron chi connectivity index (χ1n) is 8.95. The Hall–Kier alpha value is -2.34. The Morgan fingerprint density at radius 3 is 2.41 bits per heavy atom. The molecule has 0 saturated carbocycles. The molecule has 0 aliphatic carbocycles. The number of ether oxygens (including phenoxy) is 1. The summed E-state index contributed by atoms with van der Waals surface area (Å²) in [5.74, 6) is 0.633. The Morgan fingerprint density at radius 2 is 1.70 bits per heavy atom. The lowest BCUT2D eigenvalue weighted by Crippen LogP contribution is -2.40. The molecule has 6 heteroatoms. The molecule has 1 atom stereocenters. The maximum atomic E-state index is 12.2. The second kappa shape index (κ2) is 10.1. The fourth-order valence-electron chi connectivity index (χ4n) is 2.55. The van der Waals surface area contributed by atoms with Gasteiger partial charge >= 0.3 is 0 Å². The number of benzene rings is 2. The molecule has 0 aromatic heterocycles. The highest BCUT2D eigenvalue weighted by Crippen LogP contribution is 2.26. The monoisotopic (exact) mass is 432 g/mol. The Kier molecular flexibility index (Phi) is 7.85. The zero-order chi connectivity index (χ0) is 19.8. The summed E-state index contributed by atoms with van der Waals surface area (Å²) in [5, 5.41) is 5.56. The number of nitrogens with one attached hydrogen (secondary N) is 2. The van der Waals surface area contributed by atoms with Gasteiger partial charge in [0.2, 0.25) is 0 Å². The summed E-state index contributed by atoms with van der Waals surface area (Å²) in [6, 6.07) is 14.9. The van der Waals surface area contributed by atoms with Gasteiger partial charge in [-0.25, -0.2) is 0 Å². The number of hydrogen-bond acceptors (Lipinski definition) is 3. The number of para-hydroxylation sites is 1. The van der Waals surface area contributed by atoms with Gasteiger partial charge < -0.3 is 15.4 Å². The number of carbonyl (C=O) groups excluding carboxylic acids is 2. The molecule has 0 fully saturated rings. The second-order valence-corrected chi connectivity index (χ2v) is 7.43. The number of hydrogen-bond donors (Lipinski definition) is 2. The van der Waals surface area contributed by atoms with Crippen LogP contribution >= 0.6 is 15.9 Å². The van der Waals surface area contributed by atoms with E-state index in [9.17, 15) is 9.59 Å². The van der Waals surface area contributed by atoms with Crippen LogP contribution in [0, 0.1) is 0 Å². The van der Waals surface area contributed by atoms with Crippen LogP contribution in [0.3, 0.4) is 0 Å². The molecule has 2 aromatic carbocycles. The van der Waals surface area contributed by atoms with E-state index in [4.69, 9.17) is 4.74 Å². The smallest absolute Gasteiger partial charge is 0.260 e. The van der Waals surface area contributed by atoms with E-state index in [1.54, 1.807) is 25.1 Å². The number of rotatable bonds is 8. The third-order valence-corrected chi connectivity index (χ3v) is 4.50. The van der Waals surface area contributed by atoms with E-state index in [1.165, 1.54) is 0 Å². The van der Waals surface area contributed by atoms with Gasteiger partial charge in [0, 0.05) is 23.1 Å². The molecule has 0 heterocycles. The van der Waals surface area contributed by atoms with Crippen molar-refractivity contribution in [3.05, 3.63) is 64.1 Å². The average molecular weight is 433 g/mol. The minimum Gasteiger partial charge on any atom is -0.481 e. The molecular formula is C21H25BrN2O3. The van der Waals surface area contributed by atoms with Crippen molar-refractivity contribution in [2.24, 2.45) is 0 Å². The minimum atomic E-state index is -0.620. The van der Waals surface area contributed by atoms with Crippen LogP contribution in [0.15, 0.2) is 53.0 Å². The highest BCUT2D eigenvalue weighted by atomic mass is 79.9. The predicted molar refractivity (Wildman–Crippen MR) is 110 cm³/mol. The van der Waals surface area contributed by atoms with Crippen molar-refractivity contribution in [2.75, 3.05) is 13.1 Å². The second-order valence-electron chi connectivity index (χ2n) is 6.51. The number of carbonyl (C=O) groups is 2. The molecule has 2 amide bonds. The molecular weight excluding hydrogens is 408 g/mol. The third kappa shape index (κ3) is 6.40. The van der Waals surface area contributed by atoms with Gasteiger partial charge in [-0.3, -0.25) is 9.59 Å². The quantitative estimate of drug-likeness (QED) is 0.621. The van der Waals surface area contributed by atoms with Crippen LogP contribution in [0.1, 0.15) is 42.6 Å². The van der Waals surface area contributed by atoms with Crippen LogP contribution < -0.4 is 15.4 Å². The van der Waals surface area contributed by atoms with Crippen molar-refractivity contribution in [3.8, 4) is 5.75 Å². The summed E-state index contributed by atoms with van der Waals surface area (Å²) >= 11 is 3.34. The number of amides is 2. The van der Waals surface area contributed by atoms with E-state index >= 15 is 0 Å². The van der Waals surface area contributed by atoms with E-state index < -0.39 is 6.10 Å². The molecule has 27 heavy (non-hydrogen) atoms. The van der Waals surface area contributed by atoms with Crippen LogP contribution in [-0.2, 0) is 4.79 Å². The molecule has 0 aliphatic rings. The predicted octanol–water partition coefficient (Wildman–Crippen LogP) is 3.89. The van der Waals surface area contributed by atoms with Crippen molar-refractivity contribution >= 4 is 27.7 Å². The van der Waals surface area contributed by atoms with Gasteiger partial charge in [-0.05, 0) is 42.7 Å². The van der Waals surface area contributed by atoms with Crippen LogP contribution in [0.4, 0.5) is 0 Å². The molecule has 2 rings (SSSR count). The van der Waals surface area contributed by atoms with Gasteiger partial charge in [-0.1, -0.05) is 54.0 Å². The average Bonchev–Trinajstić information content (AvgIpc) is 2.65. The minimum absolute atomic E-state index is 0.180. The highest BCUT2D eigenvalue weighted by molar-refractivity contribution is 9.10. The van der Waals surface area contributed by atoms with Gasteiger partial charge in [0.25, 0.3) is 11.8 Å². The maximum absolute atomic E-state index is 12.2. The molecule has 5 nitrogen and oxygen atoms in total. The van der Waals surface area contributed by atoms with Gasteiger partial charge in [-0.15, -0.1) is 0 Å². The van der Waals surface area contributed by atoms with E-state index in [-0.39, 0.29) is 11.8 Å². The zero-order valence-electron chi connectivity index (χ0n) is 15.8. The molecule has 144 valence electrons. The molecule has 2 N–H and O–H groups in total. The molecule has 2 aromatic rings. The number of halogens is 1. The molecule has 1 unspecified atom stereocenters. The summed E-state index contributed by atoms with van der Waals surface area (Å²) < 4.78 is 6.67. The molecule has 0 bridgehead atoms. The summed E-state index contributed by atoms with van der Waals surface area (Å²) in [6.45, 7) is 6.55. The van der Waals surface area contributed by atoms with Crippen LogP contribution in [0.5, 0.6) is 5.75 Å². The Labute approximate surface area is 168 Å². The molecule has 0 saturated heterocycles. The van der Waals surface area contributed by atoms with Gasteiger partial charge in [0.15, 0.2) is 6.10 Å². The summed E-state index contributed by atoms with van der Waals surface area (Å²) in [5.41, 5.74) is 1.64. The summed E-state index contributed by atoms with van der Waals surface area (Å²) in [4.78, 5) is 24.3. The molecule has 0 radical (unpaired) electrons. The topological polar surface area (TPSA) is 67.4 Å². The fraction of sp³-hybridized carbons (Fsp3) is 0.333. The van der Waals surface area contributed by atoms with Crippen LogP contribution in [-0.4, -0.2) is 31.0 Å². The van der Waals surface area contributed by atoms with Crippen molar-refractivity contribution < 1.29 is 14.3 Å². The lowest BCUT2D eigenvalue weighted by Gasteiger charge is -2.18. The van der Waals surface area contributed by atoms with E-state index in [2.05, 4.69) is 40.4 Å². The van der Waals surface area contributed by atoms with Crippen molar-refractivity contribution in [1.29, 1.82) is 0 Å². The zero-order valence-corrected chi connectivity index (χ0v) is 17.4. The van der Waals surface area contributed by atoms with Gasteiger partial charge in [0.1, 0.15) is 5.75 Å². The van der Waals surface area contributed by atoms with Crippen molar-refractivity contribution in [2.45, 2.75) is 32.8 Å². The first kappa shape index (κ1) is 21.0. The summed E-state index contributed by atoms with van der Waals surface area (Å²) in [7, 11) is 0. The third-order valence-electron chi connectivity index (χ3n) is 4.01. The summed E-state index contributed by atoms with van der Waals surface area (Å²) in [6.07, 6.45) is -0.620. The lowest BCUT2D eigenvalue weighted by atomic mass is 10.0. The van der Waals surface area contributed by atoms with Crippen LogP contribution in [0.25, 0.3) is 0 Å². The lowest BCUT2D eigenvalue weighted by molar-refractivity contribution is -0.127. The van der Waals surface area contributed by atoms with E-state index in [1.807, 2.05) is 30.3 Å². The molecule has 0 aliphatic heterocycles. The Balaban J connectivity index is 1.78. The van der Waals surface area contributed by atoms with Crippen molar-refractivity contribution in [1.82, 2.24) is 10.6 Å². The first-order valence-corrected chi connectivity index (χ1v) is 9.75. The standard InChI is InChI=1S/C21H25BrN2O3/c1-14(2)18-9-4-5-10-19(18)27-15(3)20(25)23-11-12-24-21(26)16-7-6-8-17(22)13-16/h4-10,13-15H,11-12H2,1-3H3,(H,23,25)(H,24,26). The highest BCUT2D eigenvalue weighted by Gasteiger charge is 2.16. The van der Waals surface area contributed by atoms with Crippen molar-refractivity contribution in [3.63, 3.8) is 0 Å². The fourth-order valence-corrected chi connectivity index (χ4v) is 2.95. The maximum Gasteiger partial charge on any atom is 0.260 e. The normalized spacial score (nSPS) is 11.7. The van der Waals surface area contributed by atoms with E-state index in [0.29, 0.717) is 24.6 Å². The molecule has 0 spiro atoms.